The van der Waals surface area contributed by atoms with Crippen molar-refractivity contribution in [3.05, 3.63) is 24.3 Å². The Hall–Kier alpha value is -2.28. The van der Waals surface area contributed by atoms with Gasteiger partial charge in [-0.1, -0.05) is 6.07 Å². The summed E-state index contributed by atoms with van der Waals surface area (Å²) < 4.78 is 10.8. The largest absolute Gasteiger partial charge is 0.444 e. The summed E-state index contributed by atoms with van der Waals surface area (Å²) in [6.45, 7) is 9.13. The number of hydrogen-bond acceptors (Lipinski definition) is 5. The Morgan fingerprint density at radius 2 is 1.93 bits per heavy atom. The maximum absolute atomic E-state index is 12.8. The molecular formula is C20H29N3O4. The molecule has 0 saturated carbocycles. The van der Waals surface area contributed by atoms with Crippen LogP contribution in [0.25, 0.3) is 0 Å². The van der Waals surface area contributed by atoms with Crippen LogP contribution >= 0.6 is 0 Å². The number of hydrogen-bond donors (Lipinski definition) is 1. The van der Waals surface area contributed by atoms with E-state index in [1.165, 1.54) is 4.90 Å². The van der Waals surface area contributed by atoms with Crippen LogP contribution in [0.2, 0.25) is 0 Å². The lowest BCUT2D eigenvalue weighted by Crippen LogP contribution is -2.45. The molecule has 2 heterocycles. The number of carbonyl (C=O) groups is 2. The summed E-state index contributed by atoms with van der Waals surface area (Å²) >= 11 is 0. The maximum atomic E-state index is 12.8. The van der Waals surface area contributed by atoms with Gasteiger partial charge in [-0.05, 0) is 51.8 Å². The fourth-order valence-corrected chi connectivity index (χ4v) is 3.41. The Morgan fingerprint density at radius 1 is 1.19 bits per heavy atom. The Kier molecular flexibility index (Phi) is 5.89. The van der Waals surface area contributed by atoms with Crippen molar-refractivity contribution in [2.24, 2.45) is 0 Å². The normalized spacial score (nSPS) is 20.5. The number of amides is 2. The highest BCUT2D eigenvalue weighted by atomic mass is 16.6. The summed E-state index contributed by atoms with van der Waals surface area (Å²) in [7, 11) is 0. The van der Waals surface area contributed by atoms with Crippen molar-refractivity contribution in [2.45, 2.75) is 45.3 Å². The minimum absolute atomic E-state index is 0.169. The third-order valence-electron chi connectivity index (χ3n) is 4.67. The molecule has 1 aromatic rings. The fraction of sp³-hybridized carbons (Fsp3) is 0.600. The predicted octanol–water partition coefficient (Wildman–Crippen LogP) is 2.86. The highest BCUT2D eigenvalue weighted by molar-refractivity contribution is 5.97. The number of nitrogens with zero attached hydrogens (tertiary/aromatic N) is 2. The second-order valence-corrected chi connectivity index (χ2v) is 7.97. The molecule has 2 saturated heterocycles. The molecule has 1 aromatic carbocycles. The van der Waals surface area contributed by atoms with Crippen LogP contribution < -0.4 is 10.2 Å². The molecule has 0 bridgehead atoms. The van der Waals surface area contributed by atoms with E-state index in [1.807, 2.05) is 45.0 Å². The standard InChI is InChI=1S/C20H29N3O4/c1-20(2,3)27-19(25)23-9-5-8-17(23)18(24)21-15-6-4-7-16(14-15)22-10-12-26-13-11-22/h4,6-7,14,17H,5,8-13H2,1-3H3,(H,21,24). The SMILES string of the molecule is CC(C)(C)OC(=O)N1CCCC1C(=O)Nc1cccc(N2CCOCC2)c1. The number of anilines is 2. The van der Waals surface area contributed by atoms with Gasteiger partial charge in [-0.25, -0.2) is 4.79 Å². The Morgan fingerprint density at radius 3 is 2.63 bits per heavy atom. The third-order valence-corrected chi connectivity index (χ3v) is 4.67. The summed E-state index contributed by atoms with van der Waals surface area (Å²) in [6, 6.07) is 7.31. The van der Waals surface area contributed by atoms with E-state index in [-0.39, 0.29) is 5.91 Å². The molecule has 2 aliphatic rings. The van der Waals surface area contributed by atoms with E-state index in [1.54, 1.807) is 0 Å². The predicted molar refractivity (Wildman–Crippen MR) is 104 cm³/mol. The van der Waals surface area contributed by atoms with Crippen LogP contribution in [-0.4, -0.2) is 61.4 Å². The number of ether oxygens (including phenoxy) is 2. The van der Waals surface area contributed by atoms with Gasteiger partial charge < -0.3 is 19.7 Å². The quantitative estimate of drug-likeness (QED) is 0.880. The maximum Gasteiger partial charge on any atom is 0.410 e. The molecular weight excluding hydrogens is 346 g/mol. The first-order valence-corrected chi connectivity index (χ1v) is 9.57. The van der Waals surface area contributed by atoms with Gasteiger partial charge in [-0.2, -0.15) is 0 Å². The number of benzene rings is 1. The number of nitrogens with one attached hydrogen (secondary N) is 1. The summed E-state index contributed by atoms with van der Waals surface area (Å²) in [6.07, 6.45) is 1.02. The highest BCUT2D eigenvalue weighted by Gasteiger charge is 2.36. The molecule has 0 spiro atoms. The van der Waals surface area contributed by atoms with Crippen LogP contribution in [-0.2, 0) is 14.3 Å². The number of likely N-dealkylation sites (tertiary alicyclic amines) is 1. The molecule has 2 fully saturated rings. The average Bonchev–Trinajstić information content (AvgIpc) is 3.11. The second kappa shape index (κ2) is 8.17. The number of morpholine rings is 1. The Bertz CT molecular complexity index is 680. The third kappa shape index (κ3) is 5.13. The minimum Gasteiger partial charge on any atom is -0.444 e. The second-order valence-electron chi connectivity index (χ2n) is 7.97. The van der Waals surface area contributed by atoms with E-state index in [0.29, 0.717) is 26.2 Å². The number of carbonyl (C=O) groups excluding carboxylic acids is 2. The van der Waals surface area contributed by atoms with Gasteiger partial charge in [0.25, 0.3) is 0 Å². The van der Waals surface area contributed by atoms with Crippen molar-refractivity contribution >= 4 is 23.4 Å². The van der Waals surface area contributed by atoms with E-state index < -0.39 is 17.7 Å². The molecule has 2 aliphatic heterocycles. The van der Waals surface area contributed by atoms with E-state index in [0.717, 1.165) is 30.9 Å². The monoisotopic (exact) mass is 375 g/mol. The van der Waals surface area contributed by atoms with Gasteiger partial charge in [0.2, 0.25) is 5.91 Å². The summed E-state index contributed by atoms with van der Waals surface area (Å²) in [5.74, 6) is -0.169. The van der Waals surface area contributed by atoms with E-state index in [9.17, 15) is 9.59 Å². The van der Waals surface area contributed by atoms with Gasteiger partial charge in [0, 0.05) is 31.0 Å². The molecule has 2 amide bonds. The van der Waals surface area contributed by atoms with Crippen LogP contribution in [0.4, 0.5) is 16.2 Å². The van der Waals surface area contributed by atoms with Gasteiger partial charge in [-0.3, -0.25) is 9.69 Å². The van der Waals surface area contributed by atoms with E-state index >= 15 is 0 Å². The molecule has 7 nitrogen and oxygen atoms in total. The Labute approximate surface area is 160 Å². The Balaban J connectivity index is 1.65. The van der Waals surface area contributed by atoms with E-state index in [2.05, 4.69) is 10.2 Å². The lowest BCUT2D eigenvalue weighted by Gasteiger charge is -2.29. The zero-order valence-corrected chi connectivity index (χ0v) is 16.4. The topological polar surface area (TPSA) is 71.1 Å². The molecule has 0 aromatic heterocycles. The molecule has 1 unspecified atom stereocenters. The van der Waals surface area contributed by atoms with Crippen LogP contribution in [0.3, 0.4) is 0 Å². The molecule has 1 N–H and O–H groups in total. The zero-order valence-electron chi connectivity index (χ0n) is 16.4. The van der Waals surface area contributed by atoms with Crippen molar-refractivity contribution in [3.63, 3.8) is 0 Å². The average molecular weight is 375 g/mol. The van der Waals surface area contributed by atoms with Crippen molar-refractivity contribution < 1.29 is 19.1 Å². The summed E-state index contributed by atoms with van der Waals surface area (Å²) in [4.78, 5) is 29.0. The van der Waals surface area contributed by atoms with Crippen molar-refractivity contribution in [2.75, 3.05) is 43.1 Å². The molecule has 148 valence electrons. The summed E-state index contributed by atoms with van der Waals surface area (Å²) in [5.41, 5.74) is 1.22. The molecule has 3 rings (SSSR count). The molecule has 1 atom stereocenters. The van der Waals surface area contributed by atoms with Crippen LogP contribution in [0.1, 0.15) is 33.6 Å². The number of rotatable bonds is 3. The van der Waals surface area contributed by atoms with Gasteiger partial charge in [0.05, 0.1) is 13.2 Å². The van der Waals surface area contributed by atoms with Crippen LogP contribution in [0.5, 0.6) is 0 Å². The van der Waals surface area contributed by atoms with E-state index in [4.69, 9.17) is 9.47 Å². The van der Waals surface area contributed by atoms with Crippen LogP contribution in [0, 0.1) is 0 Å². The smallest absolute Gasteiger partial charge is 0.410 e. The zero-order chi connectivity index (χ0) is 19.4. The molecule has 0 radical (unpaired) electrons. The van der Waals surface area contributed by atoms with Gasteiger partial charge in [0.15, 0.2) is 0 Å². The molecule has 27 heavy (non-hydrogen) atoms. The van der Waals surface area contributed by atoms with Crippen molar-refractivity contribution in [1.29, 1.82) is 0 Å². The molecule has 7 heteroatoms. The summed E-state index contributed by atoms with van der Waals surface area (Å²) in [5, 5.41) is 2.96. The van der Waals surface area contributed by atoms with Crippen LogP contribution in [0.15, 0.2) is 24.3 Å². The lowest BCUT2D eigenvalue weighted by atomic mass is 10.2. The highest BCUT2D eigenvalue weighted by Crippen LogP contribution is 2.24. The minimum atomic E-state index is -0.576. The van der Waals surface area contributed by atoms with Gasteiger partial charge >= 0.3 is 6.09 Å². The fourth-order valence-electron chi connectivity index (χ4n) is 3.41. The first-order valence-electron chi connectivity index (χ1n) is 9.57. The van der Waals surface area contributed by atoms with Gasteiger partial charge in [0.1, 0.15) is 11.6 Å². The molecule has 0 aliphatic carbocycles. The first kappa shape index (κ1) is 19.5. The van der Waals surface area contributed by atoms with Gasteiger partial charge in [-0.15, -0.1) is 0 Å². The lowest BCUT2D eigenvalue weighted by molar-refractivity contribution is -0.120. The van der Waals surface area contributed by atoms with Crippen molar-refractivity contribution in [1.82, 2.24) is 4.90 Å². The van der Waals surface area contributed by atoms with Crippen molar-refractivity contribution in [3.8, 4) is 0 Å². The first-order chi connectivity index (χ1) is 12.8.